The predicted molar refractivity (Wildman–Crippen MR) is 98.8 cm³/mol. The molecule has 0 aliphatic rings. The van der Waals surface area contributed by atoms with E-state index in [-0.39, 0.29) is 24.2 Å². The Bertz CT molecular complexity index is 799. The van der Waals surface area contributed by atoms with Crippen LogP contribution < -0.4 is 14.2 Å². The van der Waals surface area contributed by atoms with E-state index in [1.165, 1.54) is 12.1 Å². The van der Waals surface area contributed by atoms with E-state index in [1.54, 1.807) is 12.1 Å². The average Bonchev–Trinajstić information content (AvgIpc) is 2.54. The van der Waals surface area contributed by atoms with Gasteiger partial charge in [0.2, 0.25) is 10.0 Å². The van der Waals surface area contributed by atoms with Gasteiger partial charge in [-0.15, -0.1) is 0 Å². The molecule has 0 aliphatic carbocycles. The smallest absolute Gasteiger partial charge is 0.240 e. The van der Waals surface area contributed by atoms with Crippen LogP contribution in [0.1, 0.15) is 25.0 Å². The van der Waals surface area contributed by atoms with Gasteiger partial charge < -0.3 is 9.47 Å². The summed E-state index contributed by atoms with van der Waals surface area (Å²) in [5, 5.41) is 0. The lowest BCUT2D eigenvalue weighted by molar-refractivity contribution is 0.242. The van der Waals surface area contributed by atoms with E-state index in [1.807, 2.05) is 45.9 Å². The SMILES string of the molecule is Cc1ccc(C)c(OCCNS(=O)(=O)c2ccc(OC(C)C)cc2)c1. The van der Waals surface area contributed by atoms with Gasteiger partial charge in [0.05, 0.1) is 11.0 Å². The zero-order valence-electron chi connectivity index (χ0n) is 15.1. The number of rotatable bonds is 8. The lowest BCUT2D eigenvalue weighted by Gasteiger charge is -2.12. The minimum absolute atomic E-state index is 0.0443. The van der Waals surface area contributed by atoms with Crippen molar-refractivity contribution >= 4 is 10.0 Å². The summed E-state index contributed by atoms with van der Waals surface area (Å²) in [5.41, 5.74) is 2.12. The molecule has 0 spiro atoms. The quantitative estimate of drug-likeness (QED) is 0.730. The number of benzene rings is 2. The van der Waals surface area contributed by atoms with Crippen LogP contribution in [-0.2, 0) is 10.0 Å². The Morgan fingerprint density at radius 2 is 1.72 bits per heavy atom. The summed E-state index contributed by atoms with van der Waals surface area (Å²) in [5.74, 6) is 1.42. The second kappa shape index (κ2) is 8.36. The Morgan fingerprint density at radius 3 is 2.36 bits per heavy atom. The Hall–Kier alpha value is -2.05. The first kappa shape index (κ1) is 19.3. The molecule has 1 N–H and O–H groups in total. The number of nitrogens with one attached hydrogen (secondary N) is 1. The van der Waals surface area contributed by atoms with Gasteiger partial charge in [-0.3, -0.25) is 0 Å². The molecular formula is C19H25NO4S. The fourth-order valence-corrected chi connectivity index (χ4v) is 3.27. The third-order valence-electron chi connectivity index (χ3n) is 3.50. The normalized spacial score (nSPS) is 11.6. The van der Waals surface area contributed by atoms with Gasteiger partial charge in [0, 0.05) is 6.54 Å². The predicted octanol–water partition coefficient (Wildman–Crippen LogP) is 3.45. The van der Waals surface area contributed by atoms with Gasteiger partial charge in [0.15, 0.2) is 0 Å². The molecule has 0 saturated carbocycles. The van der Waals surface area contributed by atoms with Gasteiger partial charge in [0.25, 0.3) is 0 Å². The third kappa shape index (κ3) is 5.76. The summed E-state index contributed by atoms with van der Waals surface area (Å²) in [6.45, 7) is 8.24. The maximum atomic E-state index is 12.3. The van der Waals surface area contributed by atoms with Crippen LogP contribution in [0.5, 0.6) is 11.5 Å². The Labute approximate surface area is 150 Å². The number of hydrogen-bond acceptors (Lipinski definition) is 4. The molecule has 0 atom stereocenters. The van der Waals surface area contributed by atoms with Crippen molar-refractivity contribution in [2.75, 3.05) is 13.2 Å². The largest absolute Gasteiger partial charge is 0.492 e. The van der Waals surface area contributed by atoms with Crippen LogP contribution in [0.3, 0.4) is 0 Å². The second-order valence-electron chi connectivity index (χ2n) is 6.15. The Kier molecular flexibility index (Phi) is 6.45. The van der Waals surface area contributed by atoms with Gasteiger partial charge in [0.1, 0.15) is 18.1 Å². The molecule has 0 bridgehead atoms. The van der Waals surface area contributed by atoms with Crippen LogP contribution in [0.15, 0.2) is 47.4 Å². The molecule has 0 amide bonds. The van der Waals surface area contributed by atoms with Crippen LogP contribution in [0, 0.1) is 13.8 Å². The molecule has 0 radical (unpaired) electrons. The highest BCUT2D eigenvalue weighted by Crippen LogP contribution is 2.19. The molecule has 25 heavy (non-hydrogen) atoms. The van der Waals surface area contributed by atoms with Crippen molar-refractivity contribution in [1.29, 1.82) is 0 Å². The van der Waals surface area contributed by atoms with Crippen LogP contribution in [0.25, 0.3) is 0 Å². The van der Waals surface area contributed by atoms with Crippen LogP contribution in [-0.4, -0.2) is 27.7 Å². The molecule has 136 valence electrons. The standard InChI is InChI=1S/C19H25NO4S/c1-14(2)24-17-7-9-18(10-8-17)25(21,22)20-11-12-23-19-13-15(3)5-6-16(19)4/h5-10,13-14,20H,11-12H2,1-4H3. The molecule has 0 fully saturated rings. The Balaban J connectivity index is 1.89. The van der Waals surface area contributed by atoms with Crippen LogP contribution in [0.2, 0.25) is 0 Å². The van der Waals surface area contributed by atoms with E-state index in [9.17, 15) is 8.42 Å². The maximum absolute atomic E-state index is 12.3. The first-order chi connectivity index (χ1) is 11.8. The van der Waals surface area contributed by atoms with Crippen LogP contribution >= 0.6 is 0 Å². The van der Waals surface area contributed by atoms with Gasteiger partial charge in [-0.1, -0.05) is 12.1 Å². The van der Waals surface area contributed by atoms with Crippen molar-refractivity contribution in [2.45, 2.75) is 38.7 Å². The first-order valence-electron chi connectivity index (χ1n) is 8.24. The molecule has 0 aromatic heterocycles. The van der Waals surface area contributed by atoms with Crippen molar-refractivity contribution in [3.05, 3.63) is 53.6 Å². The van der Waals surface area contributed by atoms with E-state index >= 15 is 0 Å². The lowest BCUT2D eigenvalue weighted by Crippen LogP contribution is -2.28. The molecular weight excluding hydrogens is 338 g/mol. The fraction of sp³-hybridized carbons (Fsp3) is 0.368. The molecule has 0 aliphatic heterocycles. The molecule has 2 aromatic carbocycles. The summed E-state index contributed by atoms with van der Waals surface area (Å²) in [4.78, 5) is 0.204. The molecule has 2 rings (SSSR count). The summed E-state index contributed by atoms with van der Waals surface area (Å²) in [6, 6.07) is 12.3. The highest BCUT2D eigenvalue weighted by Gasteiger charge is 2.13. The highest BCUT2D eigenvalue weighted by atomic mass is 32.2. The summed E-state index contributed by atoms with van der Waals surface area (Å²) < 4.78 is 38.3. The van der Waals surface area contributed by atoms with Gasteiger partial charge in [-0.25, -0.2) is 13.1 Å². The van der Waals surface area contributed by atoms with E-state index in [0.717, 1.165) is 16.9 Å². The molecule has 0 unspecified atom stereocenters. The van der Waals surface area contributed by atoms with Crippen molar-refractivity contribution in [1.82, 2.24) is 4.72 Å². The second-order valence-corrected chi connectivity index (χ2v) is 7.92. The monoisotopic (exact) mass is 363 g/mol. The topological polar surface area (TPSA) is 64.6 Å². The zero-order chi connectivity index (χ0) is 18.4. The van der Waals surface area contributed by atoms with Crippen molar-refractivity contribution < 1.29 is 17.9 Å². The minimum atomic E-state index is -3.56. The van der Waals surface area contributed by atoms with Crippen molar-refractivity contribution in [2.24, 2.45) is 0 Å². The van der Waals surface area contributed by atoms with Gasteiger partial charge >= 0.3 is 0 Å². The zero-order valence-corrected chi connectivity index (χ0v) is 15.9. The van der Waals surface area contributed by atoms with E-state index in [0.29, 0.717) is 5.75 Å². The van der Waals surface area contributed by atoms with Crippen LogP contribution in [0.4, 0.5) is 0 Å². The van der Waals surface area contributed by atoms with E-state index in [4.69, 9.17) is 9.47 Å². The highest BCUT2D eigenvalue weighted by molar-refractivity contribution is 7.89. The molecule has 2 aromatic rings. The van der Waals surface area contributed by atoms with Gasteiger partial charge in [-0.05, 0) is 69.2 Å². The summed E-state index contributed by atoms with van der Waals surface area (Å²) in [6.07, 6.45) is 0.0443. The molecule has 0 saturated heterocycles. The van der Waals surface area contributed by atoms with Crippen molar-refractivity contribution in [3.8, 4) is 11.5 Å². The van der Waals surface area contributed by atoms with Gasteiger partial charge in [-0.2, -0.15) is 0 Å². The molecule has 5 nitrogen and oxygen atoms in total. The Morgan fingerprint density at radius 1 is 1.04 bits per heavy atom. The number of sulfonamides is 1. The average molecular weight is 363 g/mol. The van der Waals surface area contributed by atoms with E-state index in [2.05, 4.69) is 4.72 Å². The summed E-state index contributed by atoms with van der Waals surface area (Å²) >= 11 is 0. The maximum Gasteiger partial charge on any atom is 0.240 e. The molecule has 6 heteroatoms. The number of ether oxygens (including phenoxy) is 2. The lowest BCUT2D eigenvalue weighted by atomic mass is 10.1. The summed E-state index contributed by atoms with van der Waals surface area (Å²) in [7, 11) is -3.56. The number of hydrogen-bond donors (Lipinski definition) is 1. The third-order valence-corrected chi connectivity index (χ3v) is 4.98. The fourth-order valence-electron chi connectivity index (χ4n) is 2.25. The molecule has 0 heterocycles. The van der Waals surface area contributed by atoms with E-state index < -0.39 is 10.0 Å². The first-order valence-corrected chi connectivity index (χ1v) is 9.73. The minimum Gasteiger partial charge on any atom is -0.492 e. The van der Waals surface area contributed by atoms with Crippen molar-refractivity contribution in [3.63, 3.8) is 0 Å². The number of aryl methyl sites for hydroxylation is 2.